The summed E-state index contributed by atoms with van der Waals surface area (Å²) in [6.07, 6.45) is 0.858. The van der Waals surface area contributed by atoms with Crippen LogP contribution in [0.15, 0.2) is 78.9 Å². The summed E-state index contributed by atoms with van der Waals surface area (Å²) in [6, 6.07) is 18.3. The summed E-state index contributed by atoms with van der Waals surface area (Å²) in [5.74, 6) is -0.966. The first-order valence-corrected chi connectivity index (χ1v) is 15.7. The predicted molar refractivity (Wildman–Crippen MR) is 189 cm³/mol. The second-order valence-corrected chi connectivity index (χ2v) is 11.8. The summed E-state index contributed by atoms with van der Waals surface area (Å²) < 4.78 is 0. The van der Waals surface area contributed by atoms with Gasteiger partial charge < -0.3 is 16.4 Å². The standard InChI is InChI=1S/C17H15Cl2N3O4.C15H13Cl2N3O3/c1-20-17(24)21(9-8-11-2-5-13(18)10-15(11)19)16(23)12-3-6-14(7-4-12)22(25)26;16-10-2-1-9(13(17)7-10)5-6-19-15(21)12-4-3-11(20(22)23)8-14(12)18/h2-7,10H,8-9H2,1H3,(H,20,24);1-4,7-8H,5-6,18H2,(H,19,21). The zero-order valence-corrected chi connectivity index (χ0v) is 28.6. The third-order valence-corrected chi connectivity index (χ3v) is 8.01. The Balaban J connectivity index is 0.000000267. The molecule has 0 saturated heterocycles. The number of anilines is 1. The van der Waals surface area contributed by atoms with Crippen LogP contribution in [0, 0.1) is 20.2 Å². The van der Waals surface area contributed by atoms with Crippen molar-refractivity contribution >= 4 is 81.3 Å². The number of nitrogens with one attached hydrogen (secondary N) is 2. The van der Waals surface area contributed by atoms with E-state index in [-0.39, 0.29) is 34.7 Å². The van der Waals surface area contributed by atoms with Crippen molar-refractivity contribution in [2.75, 3.05) is 25.9 Å². The van der Waals surface area contributed by atoms with Crippen LogP contribution in [0.3, 0.4) is 0 Å². The molecule has 4 aromatic carbocycles. The zero-order valence-electron chi connectivity index (χ0n) is 25.6. The lowest BCUT2D eigenvalue weighted by Crippen LogP contribution is -2.43. The van der Waals surface area contributed by atoms with E-state index in [4.69, 9.17) is 52.1 Å². The Bertz CT molecular complexity index is 1880. The molecule has 17 heteroatoms. The van der Waals surface area contributed by atoms with Gasteiger partial charge in [-0.25, -0.2) is 4.79 Å². The number of carbonyl (C=O) groups excluding carboxylic acids is 3. The Morgan fingerprint density at radius 1 is 0.755 bits per heavy atom. The van der Waals surface area contributed by atoms with Gasteiger partial charge in [-0.05, 0) is 66.4 Å². The fraction of sp³-hybridized carbons (Fsp3) is 0.156. The second kappa shape index (κ2) is 18.0. The van der Waals surface area contributed by atoms with Crippen molar-refractivity contribution in [2.45, 2.75) is 12.8 Å². The van der Waals surface area contributed by atoms with E-state index in [1.54, 1.807) is 36.4 Å². The molecule has 0 unspecified atom stereocenters. The first-order chi connectivity index (χ1) is 23.2. The lowest BCUT2D eigenvalue weighted by atomic mass is 10.1. The number of non-ortho nitro benzene ring substituents is 2. The number of nitro benzene ring substituents is 2. The number of urea groups is 1. The fourth-order valence-corrected chi connectivity index (χ4v) is 5.28. The number of hydrogen-bond donors (Lipinski definition) is 3. The van der Waals surface area contributed by atoms with E-state index in [9.17, 15) is 34.6 Å². The number of nitrogen functional groups attached to an aromatic ring is 1. The molecular weight excluding hydrogens is 722 g/mol. The number of imide groups is 1. The van der Waals surface area contributed by atoms with Crippen LogP contribution in [0.1, 0.15) is 31.8 Å². The Hall–Kier alpha value is -4.95. The van der Waals surface area contributed by atoms with Crippen LogP contribution in [0.25, 0.3) is 0 Å². The minimum absolute atomic E-state index is 0.0567. The Morgan fingerprint density at radius 3 is 1.78 bits per heavy atom. The van der Waals surface area contributed by atoms with E-state index in [0.29, 0.717) is 39.5 Å². The normalized spacial score (nSPS) is 10.3. The van der Waals surface area contributed by atoms with Gasteiger partial charge in [-0.2, -0.15) is 0 Å². The number of carbonyl (C=O) groups is 3. The van der Waals surface area contributed by atoms with E-state index in [1.807, 2.05) is 0 Å². The molecule has 4 aromatic rings. The van der Waals surface area contributed by atoms with Crippen LogP contribution in [0.4, 0.5) is 21.9 Å². The molecule has 0 atom stereocenters. The molecule has 0 heterocycles. The number of hydrogen-bond acceptors (Lipinski definition) is 8. The monoisotopic (exact) mass is 748 g/mol. The number of halogens is 4. The average molecular weight is 750 g/mol. The van der Waals surface area contributed by atoms with Gasteiger partial charge in [0.25, 0.3) is 23.2 Å². The molecule has 13 nitrogen and oxygen atoms in total. The van der Waals surface area contributed by atoms with Crippen LogP contribution in [0.5, 0.6) is 0 Å². The quantitative estimate of drug-likeness (QED) is 0.0849. The molecule has 4 rings (SSSR count). The molecule has 0 aliphatic rings. The Labute approximate surface area is 300 Å². The van der Waals surface area contributed by atoms with Gasteiger partial charge in [0.15, 0.2) is 0 Å². The third kappa shape index (κ3) is 11.0. The molecule has 0 aromatic heterocycles. The summed E-state index contributed by atoms with van der Waals surface area (Å²) in [6.45, 7) is 0.424. The smallest absolute Gasteiger partial charge is 0.324 e. The average Bonchev–Trinajstić information content (AvgIpc) is 3.06. The summed E-state index contributed by atoms with van der Waals surface area (Å²) in [5, 5.41) is 28.5. The van der Waals surface area contributed by atoms with E-state index < -0.39 is 27.7 Å². The third-order valence-electron chi connectivity index (χ3n) is 6.83. The molecule has 0 bridgehead atoms. The van der Waals surface area contributed by atoms with Crippen molar-refractivity contribution in [2.24, 2.45) is 0 Å². The molecule has 4 N–H and O–H groups in total. The maximum absolute atomic E-state index is 12.6. The van der Waals surface area contributed by atoms with Crippen LogP contribution in [-0.2, 0) is 12.8 Å². The highest BCUT2D eigenvalue weighted by atomic mass is 35.5. The summed E-state index contributed by atoms with van der Waals surface area (Å²) in [5.41, 5.74) is 7.39. The van der Waals surface area contributed by atoms with Gasteiger partial charge in [0.2, 0.25) is 0 Å². The summed E-state index contributed by atoms with van der Waals surface area (Å²) >= 11 is 23.8. The van der Waals surface area contributed by atoms with Gasteiger partial charge in [0.05, 0.1) is 21.1 Å². The molecule has 0 saturated carbocycles. The van der Waals surface area contributed by atoms with Crippen LogP contribution < -0.4 is 16.4 Å². The van der Waals surface area contributed by atoms with Crippen molar-refractivity contribution in [3.63, 3.8) is 0 Å². The number of rotatable bonds is 10. The number of benzene rings is 4. The van der Waals surface area contributed by atoms with Crippen LogP contribution in [-0.4, -0.2) is 52.7 Å². The largest absolute Gasteiger partial charge is 0.398 e. The van der Waals surface area contributed by atoms with Gasteiger partial charge in [-0.1, -0.05) is 58.5 Å². The summed E-state index contributed by atoms with van der Waals surface area (Å²) in [7, 11) is 1.41. The van der Waals surface area contributed by atoms with Gasteiger partial charge in [0, 0.05) is 70.1 Å². The topological polar surface area (TPSA) is 191 Å². The lowest BCUT2D eigenvalue weighted by molar-refractivity contribution is -0.385. The molecule has 0 aliphatic heterocycles. The minimum Gasteiger partial charge on any atom is -0.398 e. The number of nitro groups is 2. The van der Waals surface area contributed by atoms with Crippen molar-refractivity contribution in [3.05, 3.63) is 141 Å². The van der Waals surface area contributed by atoms with Crippen molar-refractivity contribution < 1.29 is 24.2 Å². The molecule has 0 spiro atoms. The van der Waals surface area contributed by atoms with Crippen molar-refractivity contribution in [1.29, 1.82) is 0 Å². The van der Waals surface area contributed by atoms with Gasteiger partial charge >= 0.3 is 6.03 Å². The maximum Gasteiger partial charge on any atom is 0.324 e. The molecule has 0 radical (unpaired) electrons. The number of nitrogens with two attached hydrogens (primary N) is 1. The maximum atomic E-state index is 12.6. The first kappa shape index (κ1) is 38.5. The predicted octanol–water partition coefficient (Wildman–Crippen LogP) is 7.38. The van der Waals surface area contributed by atoms with Gasteiger partial charge in [-0.15, -0.1) is 0 Å². The number of amides is 4. The van der Waals surface area contributed by atoms with E-state index in [2.05, 4.69) is 10.6 Å². The highest BCUT2D eigenvalue weighted by Crippen LogP contribution is 2.23. The molecule has 0 aliphatic carbocycles. The highest BCUT2D eigenvalue weighted by Gasteiger charge is 2.23. The SMILES string of the molecule is CNC(=O)N(CCc1ccc(Cl)cc1Cl)C(=O)c1ccc([N+](=O)[O-])cc1.Nc1cc([N+](=O)[O-])ccc1C(=O)NCCc1ccc(Cl)cc1Cl. The molecule has 256 valence electrons. The second-order valence-electron chi connectivity index (χ2n) is 10.1. The van der Waals surface area contributed by atoms with Crippen LogP contribution >= 0.6 is 46.4 Å². The van der Waals surface area contributed by atoms with E-state index in [0.717, 1.165) is 22.1 Å². The summed E-state index contributed by atoms with van der Waals surface area (Å²) in [4.78, 5) is 58.0. The van der Waals surface area contributed by atoms with E-state index in [1.165, 1.54) is 43.4 Å². The number of nitrogens with zero attached hydrogens (tertiary/aromatic N) is 3. The lowest BCUT2D eigenvalue weighted by Gasteiger charge is -2.20. The molecule has 0 fully saturated rings. The Morgan fingerprint density at radius 2 is 1.29 bits per heavy atom. The van der Waals surface area contributed by atoms with Crippen molar-refractivity contribution in [3.8, 4) is 0 Å². The fourth-order valence-electron chi connectivity index (χ4n) is 4.27. The van der Waals surface area contributed by atoms with E-state index >= 15 is 0 Å². The Kier molecular flexibility index (Phi) is 14.1. The molecule has 4 amide bonds. The molecule has 49 heavy (non-hydrogen) atoms. The highest BCUT2D eigenvalue weighted by molar-refractivity contribution is 6.35. The van der Waals surface area contributed by atoms with Gasteiger partial charge in [-0.3, -0.25) is 34.7 Å². The van der Waals surface area contributed by atoms with Gasteiger partial charge in [0.1, 0.15) is 0 Å². The van der Waals surface area contributed by atoms with Crippen molar-refractivity contribution in [1.82, 2.24) is 15.5 Å². The minimum atomic E-state index is -0.585. The van der Waals surface area contributed by atoms with Crippen LogP contribution in [0.2, 0.25) is 20.1 Å². The zero-order chi connectivity index (χ0) is 36.2. The first-order valence-electron chi connectivity index (χ1n) is 14.2. The molecular formula is C32H28Cl4N6O7.